The van der Waals surface area contributed by atoms with Crippen molar-refractivity contribution < 1.29 is 9.32 Å². The standard InChI is InChI=1S/C22H23ClN8O2/c1-22(2,3)20-27-19(30-33-20)16(32)8-7-13-5-6-14(11-15(13)23)18-24-12-25-21(28-18)26-17-9-10-31(4)29-17/h5-6,9-12H,7-8H2,1-4H3,(H,24,25,26,28,29). The predicted octanol–water partition coefficient (Wildman–Crippen LogP) is 4.17. The lowest BCUT2D eigenvalue weighted by atomic mass is 9.97. The maximum atomic E-state index is 12.5. The molecule has 0 aliphatic rings. The first-order valence-electron chi connectivity index (χ1n) is 10.3. The second-order valence-corrected chi connectivity index (χ2v) is 8.94. The average Bonchev–Trinajstić information content (AvgIpc) is 3.42. The molecule has 0 aliphatic heterocycles. The lowest BCUT2D eigenvalue weighted by Crippen LogP contribution is -2.12. The molecule has 10 nitrogen and oxygen atoms in total. The molecule has 0 fully saturated rings. The third kappa shape index (κ3) is 5.40. The summed E-state index contributed by atoms with van der Waals surface area (Å²) in [4.78, 5) is 29.5. The molecule has 4 aromatic rings. The summed E-state index contributed by atoms with van der Waals surface area (Å²) < 4.78 is 6.88. The van der Waals surface area contributed by atoms with E-state index in [1.165, 1.54) is 6.33 Å². The van der Waals surface area contributed by atoms with Gasteiger partial charge >= 0.3 is 0 Å². The van der Waals surface area contributed by atoms with Crippen LogP contribution in [0.5, 0.6) is 0 Å². The Kier molecular flexibility index (Phi) is 6.19. The summed E-state index contributed by atoms with van der Waals surface area (Å²) in [5, 5.41) is 11.6. The molecule has 0 amide bonds. The molecule has 0 atom stereocenters. The second kappa shape index (κ2) is 9.07. The van der Waals surface area contributed by atoms with Crippen LogP contribution in [-0.4, -0.2) is 40.7 Å². The number of hydrogen-bond acceptors (Lipinski definition) is 9. The van der Waals surface area contributed by atoms with Crippen LogP contribution in [0.2, 0.25) is 5.02 Å². The Labute approximate surface area is 195 Å². The number of anilines is 2. The van der Waals surface area contributed by atoms with E-state index in [2.05, 4.69) is 35.5 Å². The molecule has 3 aromatic heterocycles. The Morgan fingerprint density at radius 1 is 1.18 bits per heavy atom. The number of carbonyl (C=O) groups is 1. The van der Waals surface area contributed by atoms with Crippen LogP contribution in [0.15, 0.2) is 41.3 Å². The maximum absolute atomic E-state index is 12.5. The van der Waals surface area contributed by atoms with Gasteiger partial charge in [0.05, 0.1) is 0 Å². The van der Waals surface area contributed by atoms with E-state index in [0.717, 1.165) is 11.1 Å². The van der Waals surface area contributed by atoms with E-state index in [1.807, 2.05) is 52.2 Å². The van der Waals surface area contributed by atoms with Crippen LogP contribution < -0.4 is 5.32 Å². The molecule has 11 heteroatoms. The van der Waals surface area contributed by atoms with Gasteiger partial charge in [-0.25, -0.2) is 9.97 Å². The van der Waals surface area contributed by atoms with Crippen LogP contribution in [0, 0.1) is 0 Å². The third-order valence-electron chi connectivity index (χ3n) is 4.78. The van der Waals surface area contributed by atoms with Crippen LogP contribution in [-0.2, 0) is 18.9 Å². The first kappa shape index (κ1) is 22.5. The number of carbonyl (C=O) groups excluding carboxylic acids is 1. The van der Waals surface area contributed by atoms with E-state index in [0.29, 0.717) is 34.9 Å². The Balaban J connectivity index is 1.43. The van der Waals surface area contributed by atoms with Gasteiger partial charge in [0, 0.05) is 41.7 Å². The van der Waals surface area contributed by atoms with Crippen molar-refractivity contribution in [3.05, 3.63) is 59.1 Å². The van der Waals surface area contributed by atoms with Gasteiger partial charge in [-0.3, -0.25) is 9.48 Å². The van der Waals surface area contributed by atoms with Gasteiger partial charge in [0.2, 0.25) is 23.4 Å². The van der Waals surface area contributed by atoms with Crippen molar-refractivity contribution in [3.8, 4) is 11.4 Å². The van der Waals surface area contributed by atoms with E-state index in [-0.39, 0.29) is 23.4 Å². The van der Waals surface area contributed by atoms with E-state index >= 15 is 0 Å². The molecule has 33 heavy (non-hydrogen) atoms. The van der Waals surface area contributed by atoms with Crippen LogP contribution in [0.1, 0.15) is 49.3 Å². The SMILES string of the molecule is Cn1ccc(Nc2ncnc(-c3ccc(CCC(=O)c4noc(C(C)(C)C)n4)c(Cl)c3)n2)n1. The average molecular weight is 467 g/mol. The molecule has 0 bridgehead atoms. The molecule has 0 aliphatic carbocycles. The monoisotopic (exact) mass is 466 g/mol. The number of aryl methyl sites for hydroxylation is 2. The smallest absolute Gasteiger partial charge is 0.238 e. The normalized spacial score (nSPS) is 11.5. The number of aromatic nitrogens is 7. The molecule has 1 aromatic carbocycles. The molecule has 0 spiro atoms. The molecule has 0 saturated carbocycles. The lowest BCUT2D eigenvalue weighted by Gasteiger charge is -2.10. The minimum atomic E-state index is -0.313. The Morgan fingerprint density at radius 2 is 2.00 bits per heavy atom. The number of benzene rings is 1. The van der Waals surface area contributed by atoms with E-state index in [9.17, 15) is 4.79 Å². The Hall–Kier alpha value is -3.66. The van der Waals surface area contributed by atoms with Crippen LogP contribution >= 0.6 is 11.6 Å². The van der Waals surface area contributed by atoms with Crippen molar-refractivity contribution in [2.75, 3.05) is 5.32 Å². The number of nitrogens with zero attached hydrogens (tertiary/aromatic N) is 7. The minimum absolute atomic E-state index is 0.0887. The highest BCUT2D eigenvalue weighted by atomic mass is 35.5. The third-order valence-corrected chi connectivity index (χ3v) is 5.13. The van der Waals surface area contributed by atoms with Gasteiger partial charge in [0.15, 0.2) is 11.6 Å². The fraction of sp³-hybridized carbons (Fsp3) is 0.318. The molecule has 170 valence electrons. The highest BCUT2D eigenvalue weighted by Gasteiger charge is 2.24. The fourth-order valence-electron chi connectivity index (χ4n) is 2.98. The van der Waals surface area contributed by atoms with Gasteiger partial charge in [-0.2, -0.15) is 15.1 Å². The fourth-order valence-corrected chi connectivity index (χ4v) is 3.26. The molecule has 1 N–H and O–H groups in total. The molecule has 3 heterocycles. The maximum Gasteiger partial charge on any atom is 0.238 e. The second-order valence-electron chi connectivity index (χ2n) is 8.53. The number of halogens is 1. The van der Waals surface area contributed by atoms with Gasteiger partial charge < -0.3 is 9.84 Å². The highest BCUT2D eigenvalue weighted by Crippen LogP contribution is 2.26. The summed E-state index contributed by atoms with van der Waals surface area (Å²) >= 11 is 6.48. The number of nitrogens with one attached hydrogen (secondary N) is 1. The van der Waals surface area contributed by atoms with Crippen LogP contribution in [0.3, 0.4) is 0 Å². The number of Topliss-reactive ketones (excluding diaryl/α,β-unsaturated/α-hetero) is 1. The largest absolute Gasteiger partial charge is 0.338 e. The summed E-state index contributed by atoms with van der Waals surface area (Å²) in [5.41, 5.74) is 1.25. The van der Waals surface area contributed by atoms with Crippen molar-refractivity contribution in [2.45, 2.75) is 39.0 Å². The topological polar surface area (TPSA) is 125 Å². The van der Waals surface area contributed by atoms with Gasteiger partial charge in [0.1, 0.15) is 6.33 Å². The summed E-state index contributed by atoms with van der Waals surface area (Å²) in [6, 6.07) is 7.30. The Bertz CT molecular complexity index is 1290. The predicted molar refractivity (Wildman–Crippen MR) is 122 cm³/mol. The van der Waals surface area contributed by atoms with Crippen molar-refractivity contribution in [1.82, 2.24) is 34.9 Å². The highest BCUT2D eigenvalue weighted by molar-refractivity contribution is 6.31. The Morgan fingerprint density at radius 3 is 2.67 bits per heavy atom. The molecule has 0 saturated heterocycles. The molecular formula is C22H23ClN8O2. The van der Waals surface area contributed by atoms with Gasteiger partial charge in [-0.05, 0) is 18.1 Å². The summed E-state index contributed by atoms with van der Waals surface area (Å²) in [5.74, 6) is 1.79. The van der Waals surface area contributed by atoms with Crippen LogP contribution in [0.4, 0.5) is 11.8 Å². The number of rotatable bonds is 7. The van der Waals surface area contributed by atoms with Crippen molar-refractivity contribution >= 4 is 29.2 Å². The zero-order valence-corrected chi connectivity index (χ0v) is 19.5. The lowest BCUT2D eigenvalue weighted by molar-refractivity contribution is 0.0970. The first-order chi connectivity index (χ1) is 15.7. The summed E-state index contributed by atoms with van der Waals surface area (Å²) in [6.45, 7) is 5.83. The van der Waals surface area contributed by atoms with Crippen molar-refractivity contribution in [3.63, 3.8) is 0 Å². The number of hydrogen-bond donors (Lipinski definition) is 1. The van der Waals surface area contributed by atoms with Gasteiger partial charge in [0.25, 0.3) is 0 Å². The molecule has 4 rings (SSSR count). The molecule has 0 unspecified atom stereocenters. The molecule has 0 radical (unpaired) electrons. The molecular weight excluding hydrogens is 444 g/mol. The van der Waals surface area contributed by atoms with Crippen molar-refractivity contribution in [2.24, 2.45) is 7.05 Å². The van der Waals surface area contributed by atoms with Gasteiger partial charge in [-0.1, -0.05) is 49.7 Å². The summed E-state index contributed by atoms with van der Waals surface area (Å²) in [6.07, 6.45) is 3.90. The van der Waals surface area contributed by atoms with E-state index in [1.54, 1.807) is 10.7 Å². The van der Waals surface area contributed by atoms with Crippen molar-refractivity contribution in [1.29, 1.82) is 0 Å². The quantitative estimate of drug-likeness (QED) is 0.399. The first-order valence-corrected chi connectivity index (χ1v) is 10.7. The number of ketones is 1. The van der Waals surface area contributed by atoms with Gasteiger partial charge in [-0.15, -0.1) is 0 Å². The zero-order chi connectivity index (χ0) is 23.6. The zero-order valence-electron chi connectivity index (χ0n) is 18.7. The summed E-state index contributed by atoms with van der Waals surface area (Å²) in [7, 11) is 1.83. The minimum Gasteiger partial charge on any atom is -0.338 e. The van der Waals surface area contributed by atoms with E-state index < -0.39 is 0 Å². The van der Waals surface area contributed by atoms with E-state index in [4.69, 9.17) is 16.1 Å². The van der Waals surface area contributed by atoms with Crippen LogP contribution in [0.25, 0.3) is 11.4 Å².